The summed E-state index contributed by atoms with van der Waals surface area (Å²) in [5, 5.41) is 20.2. The van der Waals surface area contributed by atoms with Gasteiger partial charge in [0.2, 0.25) is 0 Å². The second-order valence-electron chi connectivity index (χ2n) is 5.61. The number of rotatable bonds is 7. The summed E-state index contributed by atoms with van der Waals surface area (Å²) in [5.74, 6) is 1.47. The minimum Gasteiger partial charge on any atom is -0.504 e. The smallest absolute Gasteiger partial charge is 0.161 e. The summed E-state index contributed by atoms with van der Waals surface area (Å²) in [6.07, 6.45) is 2.48. The number of hydrogen-bond donors (Lipinski definition) is 2. The Hall–Kier alpha value is -2.66. The molecule has 0 aliphatic heterocycles. The Morgan fingerprint density at radius 1 is 0.960 bits per heavy atom. The molecule has 2 unspecified atom stereocenters. The van der Waals surface area contributed by atoms with E-state index in [9.17, 15) is 10.2 Å². The van der Waals surface area contributed by atoms with Crippen molar-refractivity contribution in [2.75, 3.05) is 14.2 Å². The molecule has 0 aliphatic rings. The second-order valence-corrected chi connectivity index (χ2v) is 5.61. The van der Waals surface area contributed by atoms with E-state index in [4.69, 9.17) is 14.2 Å². The average molecular weight is 344 g/mol. The standard InChI is InChI=1S/C20H24O5/c1-5-6-14-7-10-17(19(11-14)24-4)25-13(2)20(22)15-8-9-16(21)18(12-15)23-3/h5-13,20-22H,1-4H3/b6-5+. The van der Waals surface area contributed by atoms with Crippen LogP contribution in [0.15, 0.2) is 42.5 Å². The van der Waals surface area contributed by atoms with Gasteiger partial charge in [-0.25, -0.2) is 0 Å². The lowest BCUT2D eigenvalue weighted by atomic mass is 10.0. The van der Waals surface area contributed by atoms with Gasteiger partial charge in [-0.05, 0) is 49.2 Å². The van der Waals surface area contributed by atoms with Gasteiger partial charge in [-0.15, -0.1) is 0 Å². The number of aromatic hydroxyl groups is 1. The maximum atomic E-state index is 10.5. The lowest BCUT2D eigenvalue weighted by Crippen LogP contribution is -2.22. The Morgan fingerprint density at radius 2 is 1.68 bits per heavy atom. The van der Waals surface area contributed by atoms with Crippen molar-refractivity contribution in [3.8, 4) is 23.0 Å². The summed E-state index contributed by atoms with van der Waals surface area (Å²) in [7, 11) is 3.04. The molecule has 0 saturated carbocycles. The fourth-order valence-corrected chi connectivity index (χ4v) is 2.49. The number of phenolic OH excluding ortho intramolecular Hbond substituents is 1. The van der Waals surface area contributed by atoms with Gasteiger partial charge >= 0.3 is 0 Å². The normalized spacial score (nSPS) is 13.5. The topological polar surface area (TPSA) is 68.2 Å². The van der Waals surface area contributed by atoms with Gasteiger partial charge in [0.1, 0.15) is 12.2 Å². The maximum Gasteiger partial charge on any atom is 0.161 e. The summed E-state index contributed by atoms with van der Waals surface area (Å²) in [4.78, 5) is 0. The first-order chi connectivity index (χ1) is 12.0. The number of ether oxygens (including phenoxy) is 3. The third-order valence-corrected chi connectivity index (χ3v) is 3.85. The van der Waals surface area contributed by atoms with Crippen LogP contribution in [-0.2, 0) is 0 Å². The third kappa shape index (κ3) is 4.45. The minimum absolute atomic E-state index is 0.0215. The molecule has 2 rings (SSSR count). The summed E-state index contributed by atoms with van der Waals surface area (Å²) in [6, 6.07) is 10.3. The molecule has 5 nitrogen and oxygen atoms in total. The van der Waals surface area contributed by atoms with Crippen LogP contribution in [-0.4, -0.2) is 30.5 Å². The van der Waals surface area contributed by atoms with Gasteiger partial charge in [-0.1, -0.05) is 24.3 Å². The van der Waals surface area contributed by atoms with E-state index in [1.165, 1.54) is 13.2 Å². The summed E-state index contributed by atoms with van der Waals surface area (Å²) < 4.78 is 16.3. The largest absolute Gasteiger partial charge is 0.504 e. The first-order valence-electron chi connectivity index (χ1n) is 8.02. The van der Waals surface area contributed by atoms with Crippen molar-refractivity contribution in [1.29, 1.82) is 0 Å². The van der Waals surface area contributed by atoms with Gasteiger partial charge in [0.05, 0.1) is 14.2 Å². The molecule has 25 heavy (non-hydrogen) atoms. The molecule has 0 bridgehead atoms. The Balaban J connectivity index is 2.19. The molecule has 134 valence electrons. The van der Waals surface area contributed by atoms with E-state index in [0.717, 1.165) is 5.56 Å². The van der Waals surface area contributed by atoms with Crippen LogP contribution in [0.25, 0.3) is 6.08 Å². The molecular weight excluding hydrogens is 320 g/mol. The quantitative estimate of drug-likeness (QED) is 0.796. The number of benzene rings is 2. The molecular formula is C20H24O5. The van der Waals surface area contributed by atoms with Crippen LogP contribution in [0.2, 0.25) is 0 Å². The zero-order valence-electron chi connectivity index (χ0n) is 14.9. The number of allylic oxidation sites excluding steroid dienone is 1. The number of hydrogen-bond acceptors (Lipinski definition) is 5. The van der Waals surface area contributed by atoms with Gasteiger partial charge in [-0.3, -0.25) is 0 Å². The predicted molar refractivity (Wildman–Crippen MR) is 97.4 cm³/mol. The van der Waals surface area contributed by atoms with Crippen LogP contribution >= 0.6 is 0 Å². The second kappa shape index (κ2) is 8.44. The van der Waals surface area contributed by atoms with Gasteiger partial charge in [-0.2, -0.15) is 0 Å². The molecule has 0 aromatic heterocycles. The van der Waals surface area contributed by atoms with Crippen LogP contribution in [0.3, 0.4) is 0 Å². The highest BCUT2D eigenvalue weighted by molar-refractivity contribution is 5.55. The summed E-state index contributed by atoms with van der Waals surface area (Å²) in [5.41, 5.74) is 1.59. The van der Waals surface area contributed by atoms with Gasteiger partial charge in [0.15, 0.2) is 23.0 Å². The van der Waals surface area contributed by atoms with Crippen LogP contribution in [0, 0.1) is 0 Å². The molecule has 0 heterocycles. The van der Waals surface area contributed by atoms with E-state index >= 15 is 0 Å². The molecule has 2 N–H and O–H groups in total. The van der Waals surface area contributed by atoms with E-state index < -0.39 is 12.2 Å². The van der Waals surface area contributed by atoms with Crippen molar-refractivity contribution in [3.63, 3.8) is 0 Å². The highest BCUT2D eigenvalue weighted by atomic mass is 16.5. The Kier molecular flexibility index (Phi) is 6.31. The van der Waals surface area contributed by atoms with Crippen LogP contribution < -0.4 is 14.2 Å². The molecule has 5 heteroatoms. The molecule has 0 spiro atoms. The van der Waals surface area contributed by atoms with E-state index in [1.807, 2.05) is 37.3 Å². The first-order valence-corrected chi connectivity index (χ1v) is 8.02. The molecule has 0 amide bonds. The highest BCUT2D eigenvalue weighted by Crippen LogP contribution is 2.34. The minimum atomic E-state index is -0.894. The molecule has 2 atom stereocenters. The first kappa shape index (κ1) is 18.7. The summed E-state index contributed by atoms with van der Waals surface area (Å²) >= 11 is 0. The van der Waals surface area contributed by atoms with Crippen LogP contribution in [0.4, 0.5) is 0 Å². The predicted octanol–water partition coefficient (Wildman–Crippen LogP) is 3.94. The van der Waals surface area contributed by atoms with E-state index in [1.54, 1.807) is 26.2 Å². The van der Waals surface area contributed by atoms with E-state index in [0.29, 0.717) is 22.8 Å². The average Bonchev–Trinajstić information content (AvgIpc) is 2.62. The zero-order valence-corrected chi connectivity index (χ0v) is 14.9. The maximum absolute atomic E-state index is 10.5. The van der Waals surface area contributed by atoms with Crippen molar-refractivity contribution in [3.05, 3.63) is 53.6 Å². The fourth-order valence-electron chi connectivity index (χ4n) is 2.49. The van der Waals surface area contributed by atoms with Gasteiger partial charge < -0.3 is 24.4 Å². The lowest BCUT2D eigenvalue weighted by Gasteiger charge is -2.22. The van der Waals surface area contributed by atoms with Gasteiger partial charge in [0.25, 0.3) is 0 Å². The number of methoxy groups -OCH3 is 2. The Labute approximate surface area is 148 Å². The SMILES string of the molecule is C/C=C/c1ccc(OC(C)C(O)c2ccc(O)c(OC)c2)c(OC)c1. The van der Waals surface area contributed by atoms with Crippen molar-refractivity contribution >= 4 is 6.08 Å². The van der Waals surface area contributed by atoms with Crippen molar-refractivity contribution in [1.82, 2.24) is 0 Å². The molecule has 0 aliphatic carbocycles. The third-order valence-electron chi connectivity index (χ3n) is 3.85. The lowest BCUT2D eigenvalue weighted by molar-refractivity contribution is 0.0450. The van der Waals surface area contributed by atoms with Crippen molar-refractivity contribution in [2.24, 2.45) is 0 Å². The molecule has 0 fully saturated rings. The highest BCUT2D eigenvalue weighted by Gasteiger charge is 2.21. The summed E-state index contributed by atoms with van der Waals surface area (Å²) in [6.45, 7) is 3.71. The van der Waals surface area contributed by atoms with Crippen molar-refractivity contribution < 1.29 is 24.4 Å². The number of phenols is 1. The van der Waals surface area contributed by atoms with Gasteiger partial charge in [0, 0.05) is 0 Å². The van der Waals surface area contributed by atoms with E-state index in [-0.39, 0.29) is 5.75 Å². The molecule has 0 saturated heterocycles. The molecule has 0 radical (unpaired) electrons. The Bertz CT molecular complexity index is 739. The molecule has 2 aromatic rings. The number of aliphatic hydroxyl groups is 1. The monoisotopic (exact) mass is 344 g/mol. The number of aliphatic hydroxyl groups excluding tert-OH is 1. The Morgan fingerprint density at radius 3 is 2.32 bits per heavy atom. The fraction of sp³-hybridized carbons (Fsp3) is 0.300. The zero-order chi connectivity index (χ0) is 18.4. The van der Waals surface area contributed by atoms with Crippen molar-refractivity contribution in [2.45, 2.75) is 26.1 Å². The van der Waals surface area contributed by atoms with E-state index in [2.05, 4.69) is 0 Å². The molecule has 2 aromatic carbocycles. The van der Waals surface area contributed by atoms with Crippen LogP contribution in [0.5, 0.6) is 23.0 Å². The van der Waals surface area contributed by atoms with Crippen LogP contribution in [0.1, 0.15) is 31.1 Å².